The molecule has 3 nitrogen and oxygen atoms in total. The van der Waals surface area contributed by atoms with E-state index in [1.165, 1.54) is 0 Å². The summed E-state index contributed by atoms with van der Waals surface area (Å²) in [6.07, 6.45) is 0. The number of hydrogen-bond donors (Lipinski definition) is 2. The fourth-order valence-corrected chi connectivity index (χ4v) is 0.993. The van der Waals surface area contributed by atoms with Crippen LogP contribution in [0.3, 0.4) is 0 Å². The second-order valence-electron chi connectivity index (χ2n) is 2.84. The number of halogens is 1. The molecule has 0 bridgehead atoms. The molecule has 0 aliphatic rings. The Hall–Kier alpha value is -0.900. The van der Waals surface area contributed by atoms with Crippen LogP contribution in [0.5, 0.6) is 0 Å². The van der Waals surface area contributed by atoms with Gasteiger partial charge >= 0.3 is 0 Å². The fraction of sp³-hybridized carbons (Fsp3) is 0.625. The Labute approximate surface area is 71.4 Å². The van der Waals surface area contributed by atoms with Crippen molar-refractivity contribution in [1.29, 1.82) is 0 Å². The van der Waals surface area contributed by atoms with E-state index in [2.05, 4.69) is 15.3 Å². The van der Waals surface area contributed by atoms with Crippen LogP contribution in [-0.4, -0.2) is 17.0 Å². The smallest absolute Gasteiger partial charge is 0.133 e. The third-order valence-corrected chi connectivity index (χ3v) is 1.97. The van der Waals surface area contributed by atoms with E-state index in [-0.39, 0.29) is 6.04 Å². The number of aromatic amines is 1. The van der Waals surface area contributed by atoms with E-state index < -0.39 is 6.67 Å². The maximum Gasteiger partial charge on any atom is 0.133 e. The Morgan fingerprint density at radius 1 is 1.67 bits per heavy atom. The summed E-state index contributed by atoms with van der Waals surface area (Å²) in [6.45, 7) is 3.30. The molecular weight excluding hydrogens is 157 g/mol. The van der Waals surface area contributed by atoms with Crippen LogP contribution in [0.15, 0.2) is 0 Å². The van der Waals surface area contributed by atoms with E-state index in [0.717, 1.165) is 11.5 Å². The number of aromatic nitrogens is 2. The molecule has 0 aromatic carbocycles. The first kappa shape index (κ1) is 9.19. The zero-order valence-electron chi connectivity index (χ0n) is 7.61. The first-order valence-corrected chi connectivity index (χ1v) is 3.97. The van der Waals surface area contributed by atoms with Crippen molar-refractivity contribution in [3.63, 3.8) is 0 Å². The number of imidazole rings is 1. The van der Waals surface area contributed by atoms with E-state index in [1.807, 2.05) is 20.9 Å². The minimum absolute atomic E-state index is 0.143. The SMILES string of the molecule is CNC(C)c1nc(CF)c(C)[nH]1. The lowest BCUT2D eigenvalue weighted by molar-refractivity contribution is 0.474. The lowest BCUT2D eigenvalue weighted by Crippen LogP contribution is -2.13. The highest BCUT2D eigenvalue weighted by Crippen LogP contribution is 2.12. The Morgan fingerprint density at radius 3 is 2.75 bits per heavy atom. The molecule has 1 unspecified atom stereocenters. The molecule has 1 atom stereocenters. The average molecular weight is 171 g/mol. The predicted octanol–water partition coefficient (Wildman–Crippen LogP) is 1.47. The molecule has 1 aromatic heterocycles. The van der Waals surface area contributed by atoms with Crippen molar-refractivity contribution in [2.75, 3.05) is 7.05 Å². The van der Waals surface area contributed by atoms with Gasteiger partial charge in [0.25, 0.3) is 0 Å². The van der Waals surface area contributed by atoms with E-state index in [9.17, 15) is 4.39 Å². The van der Waals surface area contributed by atoms with Gasteiger partial charge in [-0.2, -0.15) is 0 Å². The lowest BCUT2D eigenvalue weighted by Gasteiger charge is -2.04. The molecule has 0 spiro atoms. The molecule has 0 aliphatic heterocycles. The van der Waals surface area contributed by atoms with Gasteiger partial charge in [-0.15, -0.1) is 0 Å². The van der Waals surface area contributed by atoms with Crippen LogP contribution in [0, 0.1) is 6.92 Å². The van der Waals surface area contributed by atoms with Crippen molar-refractivity contribution >= 4 is 0 Å². The minimum atomic E-state index is -0.501. The molecule has 1 heterocycles. The summed E-state index contributed by atoms with van der Waals surface area (Å²) in [5, 5.41) is 3.03. The first-order chi connectivity index (χ1) is 5.69. The van der Waals surface area contributed by atoms with Gasteiger partial charge in [0, 0.05) is 5.69 Å². The van der Waals surface area contributed by atoms with Gasteiger partial charge in [0.05, 0.1) is 11.7 Å². The lowest BCUT2D eigenvalue weighted by atomic mass is 10.3. The number of nitrogens with zero attached hydrogens (tertiary/aromatic N) is 1. The summed E-state index contributed by atoms with van der Waals surface area (Å²) >= 11 is 0. The fourth-order valence-electron chi connectivity index (χ4n) is 0.993. The zero-order chi connectivity index (χ0) is 9.14. The maximum absolute atomic E-state index is 12.3. The molecule has 4 heteroatoms. The van der Waals surface area contributed by atoms with Crippen molar-refractivity contribution in [3.8, 4) is 0 Å². The molecule has 12 heavy (non-hydrogen) atoms. The minimum Gasteiger partial charge on any atom is -0.344 e. The van der Waals surface area contributed by atoms with Gasteiger partial charge < -0.3 is 10.3 Å². The second kappa shape index (κ2) is 3.67. The Kier molecular flexibility index (Phi) is 2.81. The Bertz CT molecular complexity index is 257. The molecule has 0 saturated carbocycles. The third kappa shape index (κ3) is 1.64. The van der Waals surface area contributed by atoms with Crippen LogP contribution in [-0.2, 0) is 6.67 Å². The summed E-state index contributed by atoms with van der Waals surface area (Å²) in [6, 6.07) is 0.143. The average Bonchev–Trinajstić information content (AvgIpc) is 2.45. The molecule has 0 amide bonds. The number of aryl methyl sites for hydroxylation is 1. The van der Waals surface area contributed by atoms with Crippen LogP contribution in [0.4, 0.5) is 4.39 Å². The molecular formula is C8H14FN3. The van der Waals surface area contributed by atoms with Crippen LogP contribution in [0.2, 0.25) is 0 Å². The number of nitrogens with one attached hydrogen (secondary N) is 2. The first-order valence-electron chi connectivity index (χ1n) is 3.97. The third-order valence-electron chi connectivity index (χ3n) is 1.97. The van der Waals surface area contributed by atoms with Crippen molar-refractivity contribution in [2.45, 2.75) is 26.6 Å². The van der Waals surface area contributed by atoms with Gasteiger partial charge in [0.2, 0.25) is 0 Å². The van der Waals surface area contributed by atoms with Crippen molar-refractivity contribution in [1.82, 2.24) is 15.3 Å². The van der Waals surface area contributed by atoms with E-state index >= 15 is 0 Å². The van der Waals surface area contributed by atoms with E-state index in [1.54, 1.807) is 0 Å². The molecule has 0 aliphatic carbocycles. The van der Waals surface area contributed by atoms with Crippen molar-refractivity contribution in [3.05, 3.63) is 17.2 Å². The van der Waals surface area contributed by atoms with Crippen molar-refractivity contribution in [2.24, 2.45) is 0 Å². The molecule has 68 valence electrons. The number of rotatable bonds is 3. The summed E-state index contributed by atoms with van der Waals surface area (Å²) in [4.78, 5) is 7.14. The van der Waals surface area contributed by atoms with Crippen LogP contribution in [0.25, 0.3) is 0 Å². The molecule has 1 rings (SSSR count). The molecule has 0 saturated heterocycles. The molecule has 2 N–H and O–H groups in total. The Morgan fingerprint density at radius 2 is 2.33 bits per heavy atom. The highest BCUT2D eigenvalue weighted by Gasteiger charge is 2.10. The van der Waals surface area contributed by atoms with Crippen LogP contribution >= 0.6 is 0 Å². The number of hydrogen-bond acceptors (Lipinski definition) is 2. The van der Waals surface area contributed by atoms with Gasteiger partial charge in [-0.25, -0.2) is 9.37 Å². The van der Waals surface area contributed by atoms with Gasteiger partial charge in [-0.05, 0) is 20.9 Å². The van der Waals surface area contributed by atoms with Crippen LogP contribution < -0.4 is 5.32 Å². The van der Waals surface area contributed by atoms with E-state index in [4.69, 9.17) is 0 Å². The standard InChI is InChI=1S/C8H14FN3/c1-5-7(4-9)12-8(11-5)6(2)10-3/h6,10H,4H2,1-3H3,(H,11,12). The van der Waals surface area contributed by atoms with Crippen molar-refractivity contribution < 1.29 is 4.39 Å². The number of alkyl halides is 1. The zero-order valence-corrected chi connectivity index (χ0v) is 7.61. The highest BCUT2D eigenvalue weighted by atomic mass is 19.1. The largest absolute Gasteiger partial charge is 0.344 e. The highest BCUT2D eigenvalue weighted by molar-refractivity contribution is 5.13. The Balaban J connectivity index is 2.88. The predicted molar refractivity (Wildman–Crippen MR) is 45.6 cm³/mol. The van der Waals surface area contributed by atoms with Gasteiger partial charge in [-0.3, -0.25) is 0 Å². The monoisotopic (exact) mass is 171 g/mol. The quantitative estimate of drug-likeness (QED) is 0.723. The van der Waals surface area contributed by atoms with Gasteiger partial charge in [0.15, 0.2) is 0 Å². The normalized spacial score (nSPS) is 13.3. The molecule has 0 fully saturated rings. The molecule has 0 radical (unpaired) electrons. The summed E-state index contributed by atoms with van der Waals surface area (Å²) in [5.41, 5.74) is 1.32. The summed E-state index contributed by atoms with van der Waals surface area (Å²) in [7, 11) is 1.84. The summed E-state index contributed by atoms with van der Waals surface area (Å²) in [5.74, 6) is 0.794. The number of H-pyrrole nitrogens is 1. The maximum atomic E-state index is 12.3. The van der Waals surface area contributed by atoms with Gasteiger partial charge in [0.1, 0.15) is 12.5 Å². The second-order valence-corrected chi connectivity index (χ2v) is 2.84. The van der Waals surface area contributed by atoms with Gasteiger partial charge in [-0.1, -0.05) is 0 Å². The molecule has 1 aromatic rings. The van der Waals surface area contributed by atoms with Crippen LogP contribution in [0.1, 0.15) is 30.2 Å². The van der Waals surface area contributed by atoms with E-state index in [0.29, 0.717) is 5.69 Å². The topological polar surface area (TPSA) is 40.7 Å². The summed E-state index contributed by atoms with van der Waals surface area (Å²) < 4.78 is 12.3.